The SMILES string of the molecule is CCC(NC(=O)c1c(C)nc2c(F)cccn12)C(=O)O. The van der Waals surface area contributed by atoms with E-state index in [0.717, 1.165) is 0 Å². The summed E-state index contributed by atoms with van der Waals surface area (Å²) < 4.78 is 14.9. The highest BCUT2D eigenvalue weighted by molar-refractivity contribution is 5.96. The Labute approximate surface area is 114 Å². The van der Waals surface area contributed by atoms with E-state index in [1.54, 1.807) is 13.8 Å². The molecule has 1 atom stereocenters. The van der Waals surface area contributed by atoms with Gasteiger partial charge < -0.3 is 10.4 Å². The van der Waals surface area contributed by atoms with Crippen molar-refractivity contribution < 1.29 is 19.1 Å². The highest BCUT2D eigenvalue weighted by atomic mass is 19.1. The number of hydrogen-bond acceptors (Lipinski definition) is 3. The minimum Gasteiger partial charge on any atom is -0.480 e. The number of aliphatic carboxylic acids is 1. The summed E-state index contributed by atoms with van der Waals surface area (Å²) in [6.07, 6.45) is 1.76. The third kappa shape index (κ3) is 2.34. The Bertz CT molecular complexity index is 681. The van der Waals surface area contributed by atoms with E-state index in [4.69, 9.17) is 5.11 Å². The molecule has 106 valence electrons. The van der Waals surface area contributed by atoms with Crippen LogP contribution in [0.3, 0.4) is 0 Å². The van der Waals surface area contributed by atoms with Gasteiger partial charge in [0.15, 0.2) is 11.5 Å². The van der Waals surface area contributed by atoms with E-state index >= 15 is 0 Å². The highest BCUT2D eigenvalue weighted by Crippen LogP contribution is 2.15. The molecule has 0 radical (unpaired) electrons. The molecule has 0 aromatic carbocycles. The van der Waals surface area contributed by atoms with Crippen molar-refractivity contribution in [2.45, 2.75) is 26.3 Å². The van der Waals surface area contributed by atoms with Crippen molar-refractivity contribution in [1.82, 2.24) is 14.7 Å². The molecule has 7 heteroatoms. The van der Waals surface area contributed by atoms with Crippen LogP contribution in [-0.4, -0.2) is 32.4 Å². The molecule has 0 spiro atoms. The first kappa shape index (κ1) is 14.0. The van der Waals surface area contributed by atoms with Crippen LogP contribution < -0.4 is 5.32 Å². The van der Waals surface area contributed by atoms with Crippen molar-refractivity contribution in [3.05, 3.63) is 35.5 Å². The standard InChI is InChI=1S/C13H14FN3O3/c1-3-9(13(19)20)16-12(18)10-7(2)15-11-8(14)5-4-6-17(10)11/h4-6,9H,3H2,1-2H3,(H,16,18)(H,19,20). The zero-order valence-corrected chi connectivity index (χ0v) is 11.1. The first-order chi connectivity index (χ1) is 9.45. The molecule has 0 aliphatic heterocycles. The van der Waals surface area contributed by atoms with Gasteiger partial charge in [0.2, 0.25) is 0 Å². The Morgan fingerprint density at radius 1 is 1.55 bits per heavy atom. The summed E-state index contributed by atoms with van der Waals surface area (Å²) in [5, 5.41) is 11.3. The second kappa shape index (κ2) is 5.28. The fourth-order valence-corrected chi connectivity index (χ4v) is 1.99. The van der Waals surface area contributed by atoms with Crippen molar-refractivity contribution in [2.24, 2.45) is 0 Å². The normalized spacial score (nSPS) is 12.3. The van der Waals surface area contributed by atoms with Gasteiger partial charge in [-0.1, -0.05) is 6.92 Å². The maximum Gasteiger partial charge on any atom is 0.326 e. The van der Waals surface area contributed by atoms with Crippen LogP contribution in [0, 0.1) is 12.7 Å². The summed E-state index contributed by atoms with van der Waals surface area (Å²) in [4.78, 5) is 27.1. The number of aromatic nitrogens is 2. The number of carboxylic acids is 1. The average Bonchev–Trinajstić information content (AvgIpc) is 2.73. The Balaban J connectivity index is 2.42. The molecular weight excluding hydrogens is 265 g/mol. The molecule has 6 nitrogen and oxygen atoms in total. The van der Waals surface area contributed by atoms with Gasteiger partial charge in [0, 0.05) is 6.20 Å². The van der Waals surface area contributed by atoms with Gasteiger partial charge in [-0.3, -0.25) is 9.20 Å². The third-order valence-electron chi connectivity index (χ3n) is 3.00. The van der Waals surface area contributed by atoms with Gasteiger partial charge in [0.1, 0.15) is 11.7 Å². The number of imidazole rings is 1. The smallest absolute Gasteiger partial charge is 0.326 e. The lowest BCUT2D eigenvalue weighted by molar-refractivity contribution is -0.139. The minimum absolute atomic E-state index is 0.0403. The molecule has 2 heterocycles. The van der Waals surface area contributed by atoms with Gasteiger partial charge in [-0.15, -0.1) is 0 Å². The Morgan fingerprint density at radius 2 is 2.25 bits per heavy atom. The summed E-state index contributed by atoms with van der Waals surface area (Å²) in [7, 11) is 0. The van der Waals surface area contributed by atoms with Crippen LogP contribution in [0.15, 0.2) is 18.3 Å². The maximum absolute atomic E-state index is 13.6. The van der Waals surface area contributed by atoms with E-state index in [0.29, 0.717) is 5.69 Å². The number of carbonyl (C=O) groups is 2. The van der Waals surface area contributed by atoms with E-state index in [-0.39, 0.29) is 17.8 Å². The molecule has 0 bridgehead atoms. The van der Waals surface area contributed by atoms with Crippen molar-refractivity contribution in [3.63, 3.8) is 0 Å². The number of nitrogens with one attached hydrogen (secondary N) is 1. The van der Waals surface area contributed by atoms with Crippen molar-refractivity contribution in [2.75, 3.05) is 0 Å². The average molecular weight is 279 g/mol. The van der Waals surface area contributed by atoms with Gasteiger partial charge in [0.05, 0.1) is 5.69 Å². The maximum atomic E-state index is 13.6. The minimum atomic E-state index is -1.11. The summed E-state index contributed by atoms with van der Waals surface area (Å²) in [5.41, 5.74) is 0.519. The number of hydrogen-bond donors (Lipinski definition) is 2. The second-order valence-corrected chi connectivity index (χ2v) is 4.37. The lowest BCUT2D eigenvalue weighted by Crippen LogP contribution is -2.40. The van der Waals surface area contributed by atoms with Gasteiger partial charge >= 0.3 is 5.97 Å². The number of rotatable bonds is 4. The molecule has 0 fully saturated rings. The summed E-state index contributed by atoms with van der Waals surface area (Å²) in [6.45, 7) is 3.23. The van der Waals surface area contributed by atoms with Gasteiger partial charge in [-0.25, -0.2) is 14.2 Å². The molecule has 0 aliphatic rings. The Morgan fingerprint density at radius 3 is 2.85 bits per heavy atom. The molecular formula is C13H14FN3O3. The molecule has 2 rings (SSSR count). The number of carbonyl (C=O) groups excluding carboxylic acids is 1. The third-order valence-corrected chi connectivity index (χ3v) is 3.00. The summed E-state index contributed by atoms with van der Waals surface area (Å²) >= 11 is 0. The van der Waals surface area contributed by atoms with Crippen LogP contribution in [0.1, 0.15) is 29.5 Å². The van der Waals surface area contributed by atoms with E-state index in [1.165, 1.54) is 22.7 Å². The molecule has 1 unspecified atom stereocenters. The van der Waals surface area contributed by atoms with Crippen molar-refractivity contribution >= 4 is 17.5 Å². The van der Waals surface area contributed by atoms with Gasteiger partial charge in [-0.05, 0) is 25.5 Å². The van der Waals surface area contributed by atoms with E-state index in [1.807, 2.05) is 0 Å². The molecule has 1 amide bonds. The molecule has 2 aromatic heterocycles. The Hall–Kier alpha value is -2.44. The number of pyridine rings is 1. The van der Waals surface area contributed by atoms with Gasteiger partial charge in [0.25, 0.3) is 5.91 Å². The summed E-state index contributed by atoms with van der Waals surface area (Å²) in [5.74, 6) is -2.24. The van der Waals surface area contributed by atoms with Crippen molar-refractivity contribution in [3.8, 4) is 0 Å². The van der Waals surface area contributed by atoms with Crippen LogP contribution in [-0.2, 0) is 4.79 Å². The number of aryl methyl sites for hydroxylation is 1. The zero-order chi connectivity index (χ0) is 14.9. The first-order valence-electron chi connectivity index (χ1n) is 6.12. The second-order valence-electron chi connectivity index (χ2n) is 4.37. The van der Waals surface area contributed by atoms with Crippen LogP contribution in [0.2, 0.25) is 0 Å². The predicted molar refractivity (Wildman–Crippen MR) is 69.1 cm³/mol. The van der Waals surface area contributed by atoms with E-state index in [9.17, 15) is 14.0 Å². The van der Waals surface area contributed by atoms with Crippen molar-refractivity contribution in [1.29, 1.82) is 0 Å². The number of carboxylic acid groups (broad SMARTS) is 1. The lowest BCUT2D eigenvalue weighted by Gasteiger charge is -2.12. The quantitative estimate of drug-likeness (QED) is 0.885. The highest BCUT2D eigenvalue weighted by Gasteiger charge is 2.23. The lowest BCUT2D eigenvalue weighted by atomic mass is 10.2. The number of fused-ring (bicyclic) bond motifs is 1. The number of amides is 1. The monoisotopic (exact) mass is 279 g/mol. The van der Waals surface area contributed by atoms with E-state index < -0.39 is 23.7 Å². The van der Waals surface area contributed by atoms with Crippen LogP contribution in [0.5, 0.6) is 0 Å². The van der Waals surface area contributed by atoms with E-state index in [2.05, 4.69) is 10.3 Å². The molecule has 2 N–H and O–H groups in total. The molecule has 20 heavy (non-hydrogen) atoms. The molecule has 0 aliphatic carbocycles. The molecule has 0 saturated heterocycles. The summed E-state index contributed by atoms with van der Waals surface area (Å²) in [6, 6.07) is 1.71. The topological polar surface area (TPSA) is 83.7 Å². The first-order valence-corrected chi connectivity index (χ1v) is 6.12. The zero-order valence-electron chi connectivity index (χ0n) is 11.1. The molecule has 2 aromatic rings. The predicted octanol–water partition coefficient (Wildman–Crippen LogP) is 1.37. The van der Waals surface area contributed by atoms with Crippen LogP contribution in [0.4, 0.5) is 4.39 Å². The number of nitrogens with zero attached hydrogens (tertiary/aromatic N) is 2. The number of halogens is 1. The van der Waals surface area contributed by atoms with Crippen LogP contribution >= 0.6 is 0 Å². The Kier molecular flexibility index (Phi) is 3.69. The molecule has 0 saturated carbocycles. The fraction of sp³-hybridized carbons (Fsp3) is 0.308. The fourth-order valence-electron chi connectivity index (χ4n) is 1.99. The van der Waals surface area contributed by atoms with Gasteiger partial charge in [-0.2, -0.15) is 0 Å². The largest absolute Gasteiger partial charge is 0.480 e. The van der Waals surface area contributed by atoms with Crippen LogP contribution in [0.25, 0.3) is 5.65 Å².